The molecule has 0 saturated heterocycles. The molecule has 2 aromatic rings. The molecule has 0 heterocycles. The Hall–Kier alpha value is -2.62. The van der Waals surface area contributed by atoms with Crippen LogP contribution in [0.4, 0.5) is 5.69 Å². The predicted octanol–water partition coefficient (Wildman–Crippen LogP) is 4.18. The number of anilines is 1. The zero-order chi connectivity index (χ0) is 16.1. The third kappa shape index (κ3) is 4.19. The van der Waals surface area contributed by atoms with Crippen molar-refractivity contribution in [2.24, 2.45) is 5.92 Å². The van der Waals surface area contributed by atoms with Crippen molar-refractivity contribution in [3.63, 3.8) is 0 Å². The fourth-order valence-electron chi connectivity index (χ4n) is 2.68. The monoisotopic (exact) mass is 309 g/mol. The largest absolute Gasteiger partial charge is 0.457 e. The van der Waals surface area contributed by atoms with Gasteiger partial charge in [-0.3, -0.25) is 9.59 Å². The lowest BCUT2D eigenvalue weighted by molar-refractivity contribution is -0.125. The van der Waals surface area contributed by atoms with Crippen molar-refractivity contribution < 1.29 is 14.3 Å². The lowest BCUT2D eigenvalue weighted by Gasteiger charge is -2.20. The van der Waals surface area contributed by atoms with E-state index in [0.717, 1.165) is 17.2 Å². The molecule has 23 heavy (non-hydrogen) atoms. The van der Waals surface area contributed by atoms with Crippen LogP contribution >= 0.6 is 0 Å². The van der Waals surface area contributed by atoms with Gasteiger partial charge in [0.25, 0.3) is 0 Å². The van der Waals surface area contributed by atoms with Crippen LogP contribution in [0.25, 0.3) is 0 Å². The molecule has 0 aromatic heterocycles. The van der Waals surface area contributed by atoms with Gasteiger partial charge in [-0.25, -0.2) is 0 Å². The SMILES string of the molecule is O=C1CCC(C(=O)Nc2ccc(Oc3ccccc3)cc2)CC1. The average molecular weight is 309 g/mol. The van der Waals surface area contributed by atoms with E-state index in [1.165, 1.54) is 0 Å². The van der Waals surface area contributed by atoms with Crippen LogP contribution in [-0.2, 0) is 9.59 Å². The van der Waals surface area contributed by atoms with Crippen LogP contribution in [0, 0.1) is 5.92 Å². The summed E-state index contributed by atoms with van der Waals surface area (Å²) in [4.78, 5) is 23.4. The van der Waals surface area contributed by atoms with E-state index in [-0.39, 0.29) is 17.6 Å². The summed E-state index contributed by atoms with van der Waals surface area (Å²) in [6.07, 6.45) is 2.34. The van der Waals surface area contributed by atoms with Gasteiger partial charge in [0.2, 0.25) is 5.91 Å². The van der Waals surface area contributed by atoms with E-state index in [0.29, 0.717) is 25.7 Å². The highest BCUT2D eigenvalue weighted by Gasteiger charge is 2.24. The second-order valence-corrected chi connectivity index (χ2v) is 5.74. The highest BCUT2D eigenvalue weighted by molar-refractivity contribution is 5.94. The maximum Gasteiger partial charge on any atom is 0.227 e. The third-order valence-corrected chi connectivity index (χ3v) is 4.01. The normalized spacial score (nSPS) is 15.2. The fraction of sp³-hybridized carbons (Fsp3) is 0.263. The van der Waals surface area contributed by atoms with Crippen LogP contribution in [0.3, 0.4) is 0 Å². The minimum atomic E-state index is -0.0621. The molecule has 0 atom stereocenters. The van der Waals surface area contributed by atoms with Crippen LogP contribution in [-0.4, -0.2) is 11.7 Å². The minimum Gasteiger partial charge on any atom is -0.457 e. The third-order valence-electron chi connectivity index (χ3n) is 4.01. The molecule has 4 nitrogen and oxygen atoms in total. The number of Topliss-reactive ketones (excluding diaryl/α,β-unsaturated/α-hetero) is 1. The van der Waals surface area contributed by atoms with Gasteiger partial charge in [0.05, 0.1) is 0 Å². The first-order chi connectivity index (χ1) is 11.2. The molecule has 1 aliphatic rings. The van der Waals surface area contributed by atoms with Crippen LogP contribution in [0.1, 0.15) is 25.7 Å². The summed E-state index contributed by atoms with van der Waals surface area (Å²) < 4.78 is 5.72. The Morgan fingerprint density at radius 2 is 1.52 bits per heavy atom. The van der Waals surface area contributed by atoms with Crippen molar-refractivity contribution >= 4 is 17.4 Å². The Morgan fingerprint density at radius 3 is 2.17 bits per heavy atom. The van der Waals surface area contributed by atoms with E-state index < -0.39 is 0 Å². The Bertz CT molecular complexity index is 670. The Morgan fingerprint density at radius 1 is 0.913 bits per heavy atom. The molecule has 4 heteroatoms. The molecule has 0 bridgehead atoms. The number of para-hydroxylation sites is 1. The number of carbonyl (C=O) groups is 2. The summed E-state index contributed by atoms with van der Waals surface area (Å²) in [5, 5.41) is 2.91. The van der Waals surface area contributed by atoms with Crippen molar-refractivity contribution in [3.05, 3.63) is 54.6 Å². The minimum absolute atomic E-state index is 0.00534. The summed E-state index contributed by atoms with van der Waals surface area (Å²) in [6.45, 7) is 0. The molecule has 2 aromatic carbocycles. The van der Waals surface area contributed by atoms with Gasteiger partial charge in [-0.05, 0) is 49.2 Å². The number of hydrogen-bond acceptors (Lipinski definition) is 3. The number of ether oxygens (including phenoxy) is 1. The summed E-state index contributed by atoms with van der Waals surface area (Å²) in [5.74, 6) is 1.69. The highest BCUT2D eigenvalue weighted by Crippen LogP contribution is 2.25. The van der Waals surface area contributed by atoms with Gasteiger partial charge < -0.3 is 10.1 Å². The lowest BCUT2D eigenvalue weighted by Crippen LogP contribution is -2.27. The molecule has 1 aliphatic carbocycles. The van der Waals surface area contributed by atoms with Gasteiger partial charge in [0, 0.05) is 24.4 Å². The van der Waals surface area contributed by atoms with Gasteiger partial charge in [0.1, 0.15) is 17.3 Å². The van der Waals surface area contributed by atoms with Crippen molar-refractivity contribution in [1.82, 2.24) is 0 Å². The number of rotatable bonds is 4. The Balaban J connectivity index is 1.57. The zero-order valence-electron chi connectivity index (χ0n) is 12.8. The summed E-state index contributed by atoms with van der Waals surface area (Å²) in [5.41, 5.74) is 0.743. The van der Waals surface area contributed by atoms with Crippen molar-refractivity contribution in [2.75, 3.05) is 5.32 Å². The number of ketones is 1. The van der Waals surface area contributed by atoms with E-state index in [4.69, 9.17) is 4.74 Å². The van der Waals surface area contributed by atoms with Gasteiger partial charge in [-0.15, -0.1) is 0 Å². The zero-order valence-corrected chi connectivity index (χ0v) is 12.8. The number of nitrogens with one attached hydrogen (secondary N) is 1. The first-order valence-electron chi connectivity index (χ1n) is 7.86. The number of hydrogen-bond donors (Lipinski definition) is 1. The summed E-state index contributed by atoms with van der Waals surface area (Å²) >= 11 is 0. The average Bonchev–Trinajstić information content (AvgIpc) is 2.58. The predicted molar refractivity (Wildman–Crippen MR) is 88.6 cm³/mol. The smallest absolute Gasteiger partial charge is 0.227 e. The van der Waals surface area contributed by atoms with Gasteiger partial charge >= 0.3 is 0 Å². The molecule has 1 N–H and O–H groups in total. The molecule has 118 valence electrons. The first kappa shape index (κ1) is 15.3. The van der Waals surface area contributed by atoms with E-state index in [2.05, 4.69) is 5.32 Å². The standard InChI is InChI=1S/C19H19NO3/c21-16-10-6-14(7-11-16)19(22)20-15-8-12-18(13-9-15)23-17-4-2-1-3-5-17/h1-5,8-9,12-14H,6-7,10-11H2,(H,20,22). The number of benzene rings is 2. The maximum absolute atomic E-state index is 12.2. The number of amides is 1. The Kier molecular flexibility index (Phi) is 4.71. The van der Waals surface area contributed by atoms with E-state index >= 15 is 0 Å². The molecular formula is C19H19NO3. The maximum atomic E-state index is 12.2. The second-order valence-electron chi connectivity index (χ2n) is 5.74. The molecule has 1 fully saturated rings. The van der Waals surface area contributed by atoms with Crippen LogP contribution in [0.15, 0.2) is 54.6 Å². The second kappa shape index (κ2) is 7.09. The molecule has 0 unspecified atom stereocenters. The molecule has 1 amide bonds. The molecule has 0 aliphatic heterocycles. The fourth-order valence-corrected chi connectivity index (χ4v) is 2.68. The molecule has 0 radical (unpaired) electrons. The molecule has 0 spiro atoms. The lowest BCUT2D eigenvalue weighted by atomic mass is 9.88. The molecule has 1 saturated carbocycles. The van der Waals surface area contributed by atoms with E-state index in [9.17, 15) is 9.59 Å². The number of carbonyl (C=O) groups excluding carboxylic acids is 2. The van der Waals surface area contributed by atoms with Gasteiger partial charge in [0.15, 0.2) is 0 Å². The van der Waals surface area contributed by atoms with E-state index in [1.807, 2.05) is 54.6 Å². The topological polar surface area (TPSA) is 55.4 Å². The van der Waals surface area contributed by atoms with Gasteiger partial charge in [-0.1, -0.05) is 18.2 Å². The van der Waals surface area contributed by atoms with Gasteiger partial charge in [-0.2, -0.15) is 0 Å². The van der Waals surface area contributed by atoms with E-state index in [1.54, 1.807) is 0 Å². The quantitative estimate of drug-likeness (QED) is 0.922. The molecule has 3 rings (SSSR count). The highest BCUT2D eigenvalue weighted by atomic mass is 16.5. The van der Waals surface area contributed by atoms with Crippen molar-refractivity contribution in [3.8, 4) is 11.5 Å². The van der Waals surface area contributed by atoms with Crippen molar-refractivity contribution in [1.29, 1.82) is 0 Å². The first-order valence-corrected chi connectivity index (χ1v) is 7.86. The Labute approximate surface area is 135 Å². The van der Waals surface area contributed by atoms with Crippen molar-refractivity contribution in [2.45, 2.75) is 25.7 Å². The van der Waals surface area contributed by atoms with Crippen LogP contribution in [0.2, 0.25) is 0 Å². The summed E-state index contributed by atoms with van der Waals surface area (Å²) in [7, 11) is 0. The summed E-state index contributed by atoms with van der Waals surface area (Å²) in [6, 6.07) is 16.8. The molecular weight excluding hydrogens is 290 g/mol. The van der Waals surface area contributed by atoms with Crippen LogP contribution < -0.4 is 10.1 Å². The van der Waals surface area contributed by atoms with Crippen LogP contribution in [0.5, 0.6) is 11.5 Å².